The van der Waals surface area contributed by atoms with E-state index >= 15 is 0 Å². The number of benzene rings is 1. The molecule has 7 heteroatoms. The molecule has 0 saturated carbocycles. The second-order valence-corrected chi connectivity index (χ2v) is 6.28. The first kappa shape index (κ1) is 16.1. The van der Waals surface area contributed by atoms with Gasteiger partial charge in [0.2, 0.25) is 0 Å². The number of aromatic nitrogens is 1. The van der Waals surface area contributed by atoms with Crippen molar-refractivity contribution in [3.63, 3.8) is 0 Å². The number of carbonyl (C=O) groups excluding carboxylic acids is 1. The van der Waals surface area contributed by atoms with Crippen molar-refractivity contribution in [2.45, 2.75) is 0 Å². The van der Waals surface area contributed by atoms with E-state index in [0.29, 0.717) is 15.8 Å². The molecular weight excluding hydrogens is 326 g/mol. The van der Waals surface area contributed by atoms with Crippen molar-refractivity contribution < 1.29 is 14.7 Å². The molecule has 1 amide bonds. The smallest absolute Gasteiger partial charge is 0.335 e. The molecule has 0 radical (unpaired) electrons. The SMILES string of the molecule is CN1C(=O)/C(=C\c2cccn2C)SC1=Nc1cccc(C(=O)O)c1. The standard InChI is InChI=1S/C17H15N3O3S/c1-19-8-4-7-13(19)10-14-15(21)20(2)17(24-14)18-12-6-3-5-11(9-12)16(22)23/h3-10H,1-2H3,(H,22,23)/b14-10+,18-17?. The number of carboxylic acids is 1. The molecule has 2 heterocycles. The van der Waals surface area contributed by atoms with E-state index in [4.69, 9.17) is 5.11 Å². The minimum atomic E-state index is -1.01. The van der Waals surface area contributed by atoms with Crippen molar-refractivity contribution in [2.24, 2.45) is 12.0 Å². The number of carboxylic acid groups (broad SMARTS) is 1. The summed E-state index contributed by atoms with van der Waals surface area (Å²) in [5, 5.41) is 9.56. The lowest BCUT2D eigenvalue weighted by molar-refractivity contribution is -0.121. The Morgan fingerprint density at radius 3 is 2.71 bits per heavy atom. The van der Waals surface area contributed by atoms with Gasteiger partial charge in [0.25, 0.3) is 5.91 Å². The first-order valence-corrected chi connectivity index (χ1v) is 7.98. The van der Waals surface area contributed by atoms with Crippen LogP contribution in [0.15, 0.2) is 52.5 Å². The van der Waals surface area contributed by atoms with Gasteiger partial charge in [0.05, 0.1) is 16.2 Å². The summed E-state index contributed by atoms with van der Waals surface area (Å²) in [5.74, 6) is -1.14. The lowest BCUT2D eigenvalue weighted by Gasteiger charge is -2.07. The third-order valence-electron chi connectivity index (χ3n) is 3.58. The second-order valence-electron chi connectivity index (χ2n) is 5.27. The average Bonchev–Trinajstić information content (AvgIpc) is 3.07. The van der Waals surface area contributed by atoms with Gasteiger partial charge in [0, 0.05) is 26.0 Å². The highest BCUT2D eigenvalue weighted by Gasteiger charge is 2.30. The average molecular weight is 341 g/mol. The largest absolute Gasteiger partial charge is 0.478 e. The summed E-state index contributed by atoms with van der Waals surface area (Å²) in [7, 11) is 3.56. The lowest BCUT2D eigenvalue weighted by Crippen LogP contribution is -2.23. The summed E-state index contributed by atoms with van der Waals surface area (Å²) >= 11 is 1.27. The van der Waals surface area contributed by atoms with Crippen LogP contribution in [-0.2, 0) is 11.8 Å². The highest BCUT2D eigenvalue weighted by atomic mass is 32.2. The normalized spacial score (nSPS) is 17.9. The first-order valence-electron chi connectivity index (χ1n) is 7.16. The third-order valence-corrected chi connectivity index (χ3v) is 4.64. The fraction of sp³-hybridized carbons (Fsp3) is 0.118. The highest BCUT2D eigenvalue weighted by Crippen LogP contribution is 2.33. The number of aromatic carboxylic acids is 1. The first-order chi connectivity index (χ1) is 11.5. The molecule has 2 aromatic rings. The number of rotatable bonds is 3. The maximum absolute atomic E-state index is 12.4. The maximum atomic E-state index is 12.4. The van der Waals surface area contributed by atoms with Gasteiger partial charge in [-0.15, -0.1) is 0 Å². The predicted octanol–water partition coefficient (Wildman–Crippen LogP) is 2.96. The lowest BCUT2D eigenvalue weighted by atomic mass is 10.2. The molecule has 0 aliphatic carbocycles. The van der Waals surface area contributed by atoms with Crippen molar-refractivity contribution >= 4 is 40.6 Å². The van der Waals surface area contributed by atoms with E-state index in [9.17, 15) is 9.59 Å². The molecule has 0 spiro atoms. The number of hydrogen-bond donors (Lipinski definition) is 1. The van der Waals surface area contributed by atoms with E-state index in [2.05, 4.69) is 4.99 Å². The van der Waals surface area contributed by atoms with Crippen LogP contribution in [0.5, 0.6) is 0 Å². The number of likely N-dealkylation sites (N-methyl/N-ethyl adjacent to an activating group) is 1. The zero-order chi connectivity index (χ0) is 17.3. The van der Waals surface area contributed by atoms with Crippen LogP contribution >= 0.6 is 11.8 Å². The van der Waals surface area contributed by atoms with Gasteiger partial charge in [-0.3, -0.25) is 9.69 Å². The minimum absolute atomic E-state index is 0.130. The molecule has 0 unspecified atom stereocenters. The third kappa shape index (κ3) is 3.11. The van der Waals surface area contributed by atoms with E-state index in [1.54, 1.807) is 19.2 Å². The zero-order valence-electron chi connectivity index (χ0n) is 13.1. The molecule has 24 heavy (non-hydrogen) atoms. The fourth-order valence-corrected chi connectivity index (χ4v) is 3.20. The number of hydrogen-bond acceptors (Lipinski definition) is 4. The van der Waals surface area contributed by atoms with E-state index in [1.807, 2.05) is 36.0 Å². The number of aliphatic imine (C=N–C) groups is 1. The number of thioether (sulfide) groups is 1. The molecule has 6 nitrogen and oxygen atoms in total. The van der Waals surface area contributed by atoms with Gasteiger partial charge in [-0.1, -0.05) is 6.07 Å². The van der Waals surface area contributed by atoms with Crippen LogP contribution < -0.4 is 0 Å². The number of amides is 1. The van der Waals surface area contributed by atoms with Gasteiger partial charge < -0.3 is 9.67 Å². The van der Waals surface area contributed by atoms with E-state index in [1.165, 1.54) is 28.8 Å². The molecule has 0 bridgehead atoms. The van der Waals surface area contributed by atoms with Crippen molar-refractivity contribution in [3.05, 3.63) is 58.8 Å². The quantitative estimate of drug-likeness (QED) is 0.871. The molecule has 1 fully saturated rings. The summed E-state index contributed by atoms with van der Waals surface area (Å²) in [5.41, 5.74) is 1.58. The number of aryl methyl sites for hydroxylation is 1. The molecule has 1 N–H and O–H groups in total. The van der Waals surface area contributed by atoms with E-state index in [0.717, 1.165) is 5.69 Å². The topological polar surface area (TPSA) is 74.9 Å². The molecule has 3 rings (SSSR count). The van der Waals surface area contributed by atoms with Gasteiger partial charge in [-0.2, -0.15) is 0 Å². The second kappa shape index (κ2) is 6.37. The van der Waals surface area contributed by atoms with Crippen LogP contribution in [0, 0.1) is 0 Å². The van der Waals surface area contributed by atoms with Crippen LogP contribution in [0.1, 0.15) is 16.1 Å². The van der Waals surface area contributed by atoms with Gasteiger partial charge in [-0.05, 0) is 48.2 Å². The Kier molecular flexibility index (Phi) is 4.26. The molecule has 1 aromatic heterocycles. The van der Waals surface area contributed by atoms with Crippen molar-refractivity contribution in [1.82, 2.24) is 9.47 Å². The molecule has 0 atom stereocenters. The Balaban J connectivity index is 1.91. The summed E-state index contributed by atoms with van der Waals surface area (Å²) in [4.78, 5) is 29.9. The minimum Gasteiger partial charge on any atom is -0.478 e. The summed E-state index contributed by atoms with van der Waals surface area (Å²) in [6.45, 7) is 0. The van der Waals surface area contributed by atoms with Gasteiger partial charge in [0.15, 0.2) is 5.17 Å². The van der Waals surface area contributed by atoms with E-state index < -0.39 is 5.97 Å². The molecule has 1 aliphatic rings. The maximum Gasteiger partial charge on any atom is 0.335 e. The van der Waals surface area contributed by atoms with Crippen LogP contribution in [0.4, 0.5) is 5.69 Å². The summed E-state index contributed by atoms with van der Waals surface area (Å²) in [6, 6.07) is 10.2. The Labute approximate surface area is 143 Å². The van der Waals surface area contributed by atoms with Crippen LogP contribution in [0.2, 0.25) is 0 Å². The van der Waals surface area contributed by atoms with Crippen LogP contribution in [0.3, 0.4) is 0 Å². The monoisotopic (exact) mass is 341 g/mol. The van der Waals surface area contributed by atoms with Gasteiger partial charge >= 0.3 is 5.97 Å². The number of carbonyl (C=O) groups is 2. The molecule has 1 aromatic carbocycles. The Morgan fingerprint density at radius 2 is 2.04 bits per heavy atom. The van der Waals surface area contributed by atoms with Crippen molar-refractivity contribution in [1.29, 1.82) is 0 Å². The van der Waals surface area contributed by atoms with Crippen molar-refractivity contribution in [3.8, 4) is 0 Å². The Bertz CT molecular complexity index is 883. The number of nitrogens with zero attached hydrogens (tertiary/aromatic N) is 3. The van der Waals surface area contributed by atoms with Crippen LogP contribution in [-0.4, -0.2) is 38.7 Å². The highest BCUT2D eigenvalue weighted by molar-refractivity contribution is 8.18. The Hall–Kier alpha value is -2.80. The fourth-order valence-electron chi connectivity index (χ4n) is 2.23. The molecule has 1 aliphatic heterocycles. The summed E-state index contributed by atoms with van der Waals surface area (Å²) < 4.78 is 1.92. The molecular formula is C17H15N3O3S. The number of amidine groups is 1. The van der Waals surface area contributed by atoms with E-state index in [-0.39, 0.29) is 11.5 Å². The van der Waals surface area contributed by atoms with Crippen molar-refractivity contribution in [2.75, 3.05) is 7.05 Å². The zero-order valence-corrected chi connectivity index (χ0v) is 13.9. The van der Waals surface area contributed by atoms with Gasteiger partial charge in [0.1, 0.15) is 0 Å². The predicted molar refractivity (Wildman–Crippen MR) is 94.2 cm³/mol. The molecule has 122 valence electrons. The summed E-state index contributed by atoms with van der Waals surface area (Å²) in [6.07, 6.45) is 3.73. The molecule has 1 saturated heterocycles. The van der Waals surface area contributed by atoms with Gasteiger partial charge in [-0.25, -0.2) is 9.79 Å². The van der Waals surface area contributed by atoms with Crippen LogP contribution in [0.25, 0.3) is 6.08 Å². The Morgan fingerprint density at radius 1 is 1.25 bits per heavy atom.